The second-order valence-corrected chi connectivity index (χ2v) is 5.40. The molecule has 1 amide bonds. The SMILES string of the molecule is C=CCC/C(=C/C(O)N/C=C/C(C(=C)C)=C(\C=C)NC=O)N(C)C. The lowest BCUT2D eigenvalue weighted by Crippen LogP contribution is -2.24. The predicted octanol–water partition coefficient (Wildman–Crippen LogP) is 2.58. The Balaban J connectivity index is 5.09. The third-order valence-corrected chi connectivity index (χ3v) is 3.21. The van der Waals surface area contributed by atoms with E-state index in [9.17, 15) is 9.90 Å². The van der Waals surface area contributed by atoms with Gasteiger partial charge in [0.25, 0.3) is 0 Å². The van der Waals surface area contributed by atoms with E-state index < -0.39 is 6.23 Å². The minimum absolute atomic E-state index is 0.556. The van der Waals surface area contributed by atoms with E-state index in [-0.39, 0.29) is 0 Å². The molecule has 0 rings (SSSR count). The number of allylic oxidation sites excluding steroid dienone is 6. The molecule has 0 spiro atoms. The van der Waals surface area contributed by atoms with Gasteiger partial charge in [0.15, 0.2) is 0 Å². The number of nitrogens with one attached hydrogen (secondary N) is 2. The summed E-state index contributed by atoms with van der Waals surface area (Å²) in [6.45, 7) is 13.1. The van der Waals surface area contributed by atoms with E-state index in [0.29, 0.717) is 12.1 Å². The summed E-state index contributed by atoms with van der Waals surface area (Å²) in [5.74, 6) is 0. The first-order valence-corrected chi connectivity index (χ1v) is 7.69. The molecule has 0 saturated heterocycles. The summed E-state index contributed by atoms with van der Waals surface area (Å²) in [5.41, 5.74) is 3.05. The minimum Gasteiger partial charge on any atom is -0.381 e. The van der Waals surface area contributed by atoms with Crippen LogP contribution >= 0.6 is 0 Å². The van der Waals surface area contributed by atoms with E-state index in [1.807, 2.05) is 32.0 Å². The lowest BCUT2D eigenvalue weighted by Gasteiger charge is -2.18. The normalized spacial score (nSPS) is 13.8. The molecule has 0 aromatic rings. The number of rotatable bonds is 12. The van der Waals surface area contributed by atoms with Crippen molar-refractivity contribution in [3.05, 3.63) is 72.8 Å². The molecule has 0 saturated carbocycles. The van der Waals surface area contributed by atoms with Gasteiger partial charge in [0, 0.05) is 31.1 Å². The molecule has 0 aliphatic heterocycles. The molecule has 24 heavy (non-hydrogen) atoms. The Kier molecular flexibility index (Phi) is 10.7. The highest BCUT2D eigenvalue weighted by atomic mass is 16.3. The van der Waals surface area contributed by atoms with Crippen LogP contribution in [0.5, 0.6) is 0 Å². The average Bonchev–Trinajstić information content (AvgIpc) is 2.53. The van der Waals surface area contributed by atoms with Gasteiger partial charge in [0.1, 0.15) is 6.23 Å². The third kappa shape index (κ3) is 8.19. The first kappa shape index (κ1) is 21.5. The van der Waals surface area contributed by atoms with E-state index in [0.717, 1.165) is 29.7 Å². The molecule has 0 fully saturated rings. The number of nitrogens with zero attached hydrogens (tertiary/aromatic N) is 1. The fourth-order valence-corrected chi connectivity index (χ4v) is 1.94. The van der Waals surface area contributed by atoms with Crippen LogP contribution in [0.4, 0.5) is 0 Å². The number of hydrogen-bond acceptors (Lipinski definition) is 4. The molecule has 0 radical (unpaired) electrons. The summed E-state index contributed by atoms with van der Waals surface area (Å²) in [7, 11) is 3.86. The van der Waals surface area contributed by atoms with Gasteiger partial charge in [-0.2, -0.15) is 0 Å². The Labute approximate surface area is 145 Å². The molecule has 1 unspecified atom stereocenters. The zero-order valence-electron chi connectivity index (χ0n) is 14.9. The zero-order chi connectivity index (χ0) is 18.5. The first-order chi connectivity index (χ1) is 11.4. The first-order valence-electron chi connectivity index (χ1n) is 7.69. The number of amides is 1. The monoisotopic (exact) mass is 331 g/mol. The van der Waals surface area contributed by atoms with Gasteiger partial charge in [-0.1, -0.05) is 19.2 Å². The number of aliphatic hydroxyl groups excluding tert-OH is 1. The van der Waals surface area contributed by atoms with Crippen molar-refractivity contribution in [2.24, 2.45) is 0 Å². The van der Waals surface area contributed by atoms with Gasteiger partial charge >= 0.3 is 0 Å². The standard InChI is InChI=1S/C19H29N3O2/c1-7-9-10-16(22(5)6)13-19(24)20-12-11-17(15(3)4)18(8-2)21-14-23/h7-8,11-14,19-20,24H,1-3,9-10H2,4-6H3,(H,21,23)/b12-11+,16-13-,18-17-. The molecule has 5 nitrogen and oxygen atoms in total. The van der Waals surface area contributed by atoms with Crippen LogP contribution < -0.4 is 10.6 Å². The summed E-state index contributed by atoms with van der Waals surface area (Å²) < 4.78 is 0. The number of carbonyl (C=O) groups excluding carboxylic acids is 1. The molecule has 3 N–H and O–H groups in total. The van der Waals surface area contributed by atoms with Crippen molar-refractivity contribution >= 4 is 6.41 Å². The molecule has 0 heterocycles. The maximum Gasteiger partial charge on any atom is 0.211 e. The predicted molar refractivity (Wildman–Crippen MR) is 101 cm³/mol. The van der Waals surface area contributed by atoms with Crippen LogP contribution in [0, 0.1) is 0 Å². The van der Waals surface area contributed by atoms with Crippen LogP contribution in [-0.4, -0.2) is 36.7 Å². The number of hydrogen-bond donors (Lipinski definition) is 3. The summed E-state index contributed by atoms with van der Waals surface area (Å²) >= 11 is 0. The largest absolute Gasteiger partial charge is 0.381 e. The topological polar surface area (TPSA) is 64.6 Å². The van der Waals surface area contributed by atoms with Gasteiger partial charge in [-0.3, -0.25) is 4.79 Å². The van der Waals surface area contributed by atoms with Gasteiger partial charge in [-0.15, -0.1) is 6.58 Å². The Hall–Kier alpha value is -2.53. The summed E-state index contributed by atoms with van der Waals surface area (Å²) in [6.07, 6.45) is 9.87. The van der Waals surface area contributed by atoms with E-state index >= 15 is 0 Å². The molecule has 0 bridgehead atoms. The average molecular weight is 331 g/mol. The molecule has 5 heteroatoms. The maximum atomic E-state index is 10.6. The van der Waals surface area contributed by atoms with Gasteiger partial charge in [0.2, 0.25) is 6.41 Å². The summed E-state index contributed by atoms with van der Waals surface area (Å²) in [6, 6.07) is 0. The van der Waals surface area contributed by atoms with Gasteiger partial charge in [-0.05, 0) is 49.8 Å². The van der Waals surface area contributed by atoms with Gasteiger partial charge in [0.05, 0.1) is 0 Å². The second kappa shape index (κ2) is 12.0. The Morgan fingerprint density at radius 2 is 2.00 bits per heavy atom. The number of aliphatic hydroxyl groups is 1. The van der Waals surface area contributed by atoms with Crippen LogP contribution in [0.25, 0.3) is 0 Å². The van der Waals surface area contributed by atoms with E-state index in [1.54, 1.807) is 24.4 Å². The molecular formula is C19H29N3O2. The van der Waals surface area contributed by atoms with Crippen molar-refractivity contribution in [2.75, 3.05) is 14.1 Å². The molecule has 0 aromatic heterocycles. The fraction of sp³-hybridized carbons (Fsp3) is 0.316. The molecule has 1 atom stereocenters. The molecular weight excluding hydrogens is 302 g/mol. The fourth-order valence-electron chi connectivity index (χ4n) is 1.94. The Bertz CT molecular complexity index is 543. The van der Waals surface area contributed by atoms with Crippen molar-refractivity contribution in [3.8, 4) is 0 Å². The minimum atomic E-state index is -0.832. The van der Waals surface area contributed by atoms with E-state index in [1.165, 1.54) is 0 Å². The molecule has 0 aliphatic rings. The zero-order valence-corrected chi connectivity index (χ0v) is 14.9. The lowest BCUT2D eigenvalue weighted by molar-refractivity contribution is -0.108. The van der Waals surface area contributed by atoms with Crippen LogP contribution in [0.2, 0.25) is 0 Å². The van der Waals surface area contributed by atoms with Crippen molar-refractivity contribution in [1.82, 2.24) is 15.5 Å². The van der Waals surface area contributed by atoms with Gasteiger partial charge in [-0.25, -0.2) is 0 Å². The highest BCUT2D eigenvalue weighted by Crippen LogP contribution is 2.13. The second-order valence-electron chi connectivity index (χ2n) is 5.40. The quantitative estimate of drug-likeness (QED) is 0.223. The van der Waals surface area contributed by atoms with Crippen molar-refractivity contribution in [1.29, 1.82) is 0 Å². The van der Waals surface area contributed by atoms with Crippen molar-refractivity contribution in [3.63, 3.8) is 0 Å². The van der Waals surface area contributed by atoms with Crippen LogP contribution in [-0.2, 0) is 4.79 Å². The Morgan fingerprint density at radius 1 is 1.33 bits per heavy atom. The van der Waals surface area contributed by atoms with Crippen molar-refractivity contribution < 1.29 is 9.90 Å². The lowest BCUT2D eigenvalue weighted by atomic mass is 10.1. The van der Waals surface area contributed by atoms with E-state index in [2.05, 4.69) is 30.4 Å². The van der Waals surface area contributed by atoms with Crippen molar-refractivity contribution in [2.45, 2.75) is 26.0 Å². The molecule has 132 valence electrons. The highest BCUT2D eigenvalue weighted by molar-refractivity contribution is 5.56. The third-order valence-electron chi connectivity index (χ3n) is 3.21. The van der Waals surface area contributed by atoms with Crippen LogP contribution in [0.3, 0.4) is 0 Å². The van der Waals surface area contributed by atoms with E-state index in [4.69, 9.17) is 0 Å². The smallest absolute Gasteiger partial charge is 0.211 e. The number of carbonyl (C=O) groups is 1. The maximum absolute atomic E-state index is 10.6. The molecule has 0 aromatic carbocycles. The molecule has 0 aliphatic carbocycles. The highest BCUT2D eigenvalue weighted by Gasteiger charge is 2.04. The van der Waals surface area contributed by atoms with Gasteiger partial charge < -0.3 is 20.6 Å². The summed E-state index contributed by atoms with van der Waals surface area (Å²) in [5, 5.41) is 15.5. The van der Waals surface area contributed by atoms with Crippen LogP contribution in [0.1, 0.15) is 19.8 Å². The Morgan fingerprint density at radius 3 is 2.46 bits per heavy atom. The summed E-state index contributed by atoms with van der Waals surface area (Å²) in [4.78, 5) is 12.6. The van der Waals surface area contributed by atoms with Crippen LogP contribution in [0.15, 0.2) is 72.8 Å².